The fourth-order valence-corrected chi connectivity index (χ4v) is 4.52. The fraction of sp³-hybridized carbons (Fsp3) is 0.133. The largest absolute Gasteiger partial charge is 0.352 e. The second-order valence-corrected chi connectivity index (χ2v) is 8.66. The van der Waals surface area contributed by atoms with Gasteiger partial charge < -0.3 is 9.88 Å². The minimum absolute atomic E-state index is 0.00830. The first-order valence-electron chi connectivity index (χ1n) is 11.7. The van der Waals surface area contributed by atoms with E-state index in [-0.39, 0.29) is 17.6 Å². The van der Waals surface area contributed by atoms with Gasteiger partial charge in [0, 0.05) is 54.9 Å². The summed E-state index contributed by atoms with van der Waals surface area (Å²) in [6, 6.07) is 28.8. The average molecular weight is 464 g/mol. The van der Waals surface area contributed by atoms with Gasteiger partial charge in [0.2, 0.25) is 5.91 Å². The van der Waals surface area contributed by atoms with E-state index in [2.05, 4.69) is 45.3 Å². The molecule has 1 amide bonds. The summed E-state index contributed by atoms with van der Waals surface area (Å²) in [6.07, 6.45) is 5.93. The molecule has 1 N–H and O–H groups in total. The summed E-state index contributed by atoms with van der Waals surface area (Å²) < 4.78 is 15.6. The summed E-state index contributed by atoms with van der Waals surface area (Å²) in [5.41, 5.74) is 5.32. The Morgan fingerprint density at radius 2 is 1.57 bits per heavy atom. The fourth-order valence-electron chi connectivity index (χ4n) is 4.52. The molecule has 0 aliphatic carbocycles. The van der Waals surface area contributed by atoms with Crippen LogP contribution in [0.4, 0.5) is 4.39 Å². The lowest BCUT2D eigenvalue weighted by Crippen LogP contribution is -2.25. The van der Waals surface area contributed by atoms with Crippen molar-refractivity contribution in [3.8, 4) is 0 Å². The number of nitrogens with one attached hydrogen (secondary N) is 1. The van der Waals surface area contributed by atoms with Crippen LogP contribution in [0.5, 0.6) is 0 Å². The number of fused-ring (bicyclic) bond motifs is 1. The predicted molar refractivity (Wildman–Crippen MR) is 136 cm³/mol. The minimum Gasteiger partial charge on any atom is -0.352 e. The second kappa shape index (κ2) is 10.3. The standard InChI is InChI=1S/C30H26FN3O/c31-25-12-10-23(11-13-25)20-34-21-28(26-8-4-5-9-29(26)34)27(24-6-2-1-3-7-24)18-30(35)33-19-22-14-16-32-17-15-22/h1-17,21,27H,18-20H2,(H,33,35). The van der Waals surface area contributed by atoms with Gasteiger partial charge in [-0.15, -0.1) is 0 Å². The Morgan fingerprint density at radius 1 is 0.857 bits per heavy atom. The van der Waals surface area contributed by atoms with Gasteiger partial charge in [-0.1, -0.05) is 60.7 Å². The summed E-state index contributed by atoms with van der Waals surface area (Å²) in [7, 11) is 0. The number of rotatable bonds is 8. The van der Waals surface area contributed by atoms with Crippen molar-refractivity contribution in [1.82, 2.24) is 14.9 Å². The number of halogens is 1. The number of aromatic nitrogens is 2. The number of nitrogens with zero attached hydrogens (tertiary/aromatic N) is 2. The van der Waals surface area contributed by atoms with E-state index in [1.54, 1.807) is 12.4 Å². The van der Waals surface area contributed by atoms with Crippen LogP contribution < -0.4 is 5.32 Å². The third kappa shape index (κ3) is 5.30. The number of hydrogen-bond donors (Lipinski definition) is 1. The summed E-state index contributed by atoms with van der Waals surface area (Å²) in [6.45, 7) is 1.09. The molecule has 1 unspecified atom stereocenters. The lowest BCUT2D eigenvalue weighted by molar-refractivity contribution is -0.121. The normalized spacial score (nSPS) is 11.9. The number of hydrogen-bond acceptors (Lipinski definition) is 2. The van der Waals surface area contributed by atoms with E-state index in [0.29, 0.717) is 19.5 Å². The number of pyridine rings is 1. The molecular weight excluding hydrogens is 437 g/mol. The monoisotopic (exact) mass is 463 g/mol. The zero-order valence-electron chi connectivity index (χ0n) is 19.3. The molecule has 5 heteroatoms. The zero-order chi connectivity index (χ0) is 24.0. The second-order valence-electron chi connectivity index (χ2n) is 8.66. The van der Waals surface area contributed by atoms with Crippen molar-refractivity contribution in [3.05, 3.63) is 138 Å². The van der Waals surface area contributed by atoms with Gasteiger partial charge in [0.15, 0.2) is 0 Å². The third-order valence-corrected chi connectivity index (χ3v) is 6.29. The summed E-state index contributed by atoms with van der Waals surface area (Å²) in [4.78, 5) is 17.1. The van der Waals surface area contributed by atoms with Crippen LogP contribution in [0.2, 0.25) is 0 Å². The van der Waals surface area contributed by atoms with E-state index in [9.17, 15) is 9.18 Å². The first kappa shape index (κ1) is 22.5. The van der Waals surface area contributed by atoms with Crippen molar-refractivity contribution in [1.29, 1.82) is 0 Å². The molecular formula is C30H26FN3O. The Morgan fingerprint density at radius 3 is 2.34 bits per heavy atom. The van der Waals surface area contributed by atoms with E-state index in [4.69, 9.17) is 0 Å². The first-order chi connectivity index (χ1) is 17.2. The Labute approximate surface area is 204 Å². The highest BCUT2D eigenvalue weighted by molar-refractivity contribution is 5.86. The maximum Gasteiger partial charge on any atom is 0.221 e. The molecule has 2 aromatic heterocycles. The smallest absolute Gasteiger partial charge is 0.221 e. The van der Waals surface area contributed by atoms with Gasteiger partial charge in [0.05, 0.1) is 0 Å². The quantitative estimate of drug-likeness (QED) is 0.304. The van der Waals surface area contributed by atoms with Crippen LogP contribution >= 0.6 is 0 Å². The van der Waals surface area contributed by atoms with Gasteiger partial charge in [-0.05, 0) is 52.6 Å². The van der Waals surface area contributed by atoms with E-state index < -0.39 is 0 Å². The highest BCUT2D eigenvalue weighted by Crippen LogP contribution is 2.35. The number of para-hydroxylation sites is 1. The molecule has 0 aliphatic heterocycles. The molecule has 0 fully saturated rings. The highest BCUT2D eigenvalue weighted by Gasteiger charge is 2.22. The number of amides is 1. The van der Waals surface area contributed by atoms with Crippen LogP contribution in [-0.2, 0) is 17.9 Å². The Balaban J connectivity index is 1.47. The maximum absolute atomic E-state index is 13.4. The van der Waals surface area contributed by atoms with E-state index in [1.807, 2.05) is 54.6 Å². The maximum atomic E-state index is 13.4. The Hall–Kier alpha value is -4.25. The van der Waals surface area contributed by atoms with Crippen LogP contribution in [0.3, 0.4) is 0 Å². The first-order valence-corrected chi connectivity index (χ1v) is 11.7. The predicted octanol–water partition coefficient (Wildman–Crippen LogP) is 6.06. The molecule has 3 aromatic carbocycles. The number of carbonyl (C=O) groups excluding carboxylic acids is 1. The molecule has 0 radical (unpaired) electrons. The van der Waals surface area contributed by atoms with Crippen LogP contribution in [0.15, 0.2) is 110 Å². The van der Waals surface area contributed by atoms with Gasteiger partial charge in [-0.3, -0.25) is 9.78 Å². The van der Waals surface area contributed by atoms with Crippen molar-refractivity contribution < 1.29 is 9.18 Å². The molecule has 35 heavy (non-hydrogen) atoms. The Bertz CT molecular complexity index is 1410. The van der Waals surface area contributed by atoms with Crippen molar-refractivity contribution in [3.63, 3.8) is 0 Å². The third-order valence-electron chi connectivity index (χ3n) is 6.29. The van der Waals surface area contributed by atoms with E-state index in [0.717, 1.165) is 33.2 Å². The molecule has 174 valence electrons. The minimum atomic E-state index is -0.242. The molecule has 4 nitrogen and oxygen atoms in total. The molecule has 0 aliphatic rings. The summed E-state index contributed by atoms with van der Waals surface area (Å²) in [5.74, 6) is -0.354. The molecule has 0 bridgehead atoms. The van der Waals surface area contributed by atoms with Crippen LogP contribution in [-0.4, -0.2) is 15.5 Å². The van der Waals surface area contributed by atoms with Gasteiger partial charge in [-0.2, -0.15) is 0 Å². The lowest BCUT2D eigenvalue weighted by atomic mass is 9.88. The Kier molecular flexibility index (Phi) is 6.66. The molecule has 5 rings (SSSR count). The van der Waals surface area contributed by atoms with Gasteiger partial charge in [0.25, 0.3) is 0 Å². The molecule has 1 atom stereocenters. The van der Waals surface area contributed by atoms with Crippen LogP contribution in [0, 0.1) is 5.82 Å². The zero-order valence-corrected chi connectivity index (χ0v) is 19.3. The molecule has 0 saturated carbocycles. The topological polar surface area (TPSA) is 46.9 Å². The molecule has 0 spiro atoms. The SMILES string of the molecule is O=C(CC(c1ccccc1)c1cn(Cc2ccc(F)cc2)c2ccccc12)NCc1ccncc1. The summed E-state index contributed by atoms with van der Waals surface area (Å²) >= 11 is 0. The average Bonchev–Trinajstić information content (AvgIpc) is 3.26. The summed E-state index contributed by atoms with van der Waals surface area (Å²) in [5, 5.41) is 4.18. The van der Waals surface area contributed by atoms with Crippen molar-refractivity contribution >= 4 is 16.8 Å². The number of carbonyl (C=O) groups is 1. The number of benzene rings is 3. The van der Waals surface area contributed by atoms with Gasteiger partial charge >= 0.3 is 0 Å². The van der Waals surface area contributed by atoms with Crippen molar-refractivity contribution in [2.24, 2.45) is 0 Å². The van der Waals surface area contributed by atoms with Crippen molar-refractivity contribution in [2.75, 3.05) is 0 Å². The molecule has 0 saturated heterocycles. The van der Waals surface area contributed by atoms with Gasteiger partial charge in [-0.25, -0.2) is 4.39 Å². The van der Waals surface area contributed by atoms with Gasteiger partial charge in [0.1, 0.15) is 5.82 Å². The molecule has 5 aromatic rings. The van der Waals surface area contributed by atoms with E-state index >= 15 is 0 Å². The van der Waals surface area contributed by atoms with Crippen LogP contribution in [0.1, 0.15) is 34.6 Å². The van der Waals surface area contributed by atoms with Crippen LogP contribution in [0.25, 0.3) is 10.9 Å². The highest BCUT2D eigenvalue weighted by atomic mass is 19.1. The molecule has 2 heterocycles. The van der Waals surface area contributed by atoms with Crippen molar-refractivity contribution in [2.45, 2.75) is 25.4 Å². The lowest BCUT2D eigenvalue weighted by Gasteiger charge is -2.17. The van der Waals surface area contributed by atoms with E-state index in [1.165, 1.54) is 12.1 Å².